The Morgan fingerprint density at radius 2 is 0.759 bits per heavy atom. The number of hydrogen-bond acceptors (Lipinski definition) is 1. The van der Waals surface area contributed by atoms with Gasteiger partial charge >= 0.3 is 0 Å². The Morgan fingerprint density at radius 3 is 1.41 bits per heavy atom. The van der Waals surface area contributed by atoms with E-state index < -0.39 is 5.41 Å². The second-order valence-electron chi connectivity index (χ2n) is 24.0. The summed E-state index contributed by atoms with van der Waals surface area (Å²) in [5.74, 6) is 0. The monoisotopic (exact) mass is 1100 g/mol. The summed E-state index contributed by atoms with van der Waals surface area (Å²) < 4.78 is 2.52. The minimum Gasteiger partial charge on any atom is -0.310 e. The first-order valence-corrected chi connectivity index (χ1v) is 30.4. The summed E-state index contributed by atoms with van der Waals surface area (Å²) in [7, 11) is 0. The molecule has 1 atom stereocenters. The van der Waals surface area contributed by atoms with Gasteiger partial charge in [0.1, 0.15) is 0 Å². The summed E-state index contributed by atoms with van der Waals surface area (Å²) in [6.07, 6.45) is 0. The van der Waals surface area contributed by atoms with E-state index in [1.54, 1.807) is 0 Å². The number of hydrogen-bond donors (Lipinski definition) is 0. The van der Waals surface area contributed by atoms with E-state index in [-0.39, 0.29) is 5.41 Å². The number of aromatic nitrogens is 1. The third kappa shape index (κ3) is 7.10. The number of anilines is 3. The third-order valence-corrected chi connectivity index (χ3v) is 19.7. The standard InChI is InChI=1S/C85H56N2/c1-84(61-42-35-56-21-5-6-22-60(56)53-61)75-30-14-12-29-73(75)82-80(84)52-50-72-71-28-13-18-34-81(71)87(83(72)82)64-47-40-59(41-48-64)67-24-8-7-23-66(67)58-38-45-63(46-39-58)86(62-43-36-57(37-44-62)55-19-3-2-4-20-55)65-49-51-79-74(54-65)70-27-11-17-33-78(70)85(79)76-31-15-9-25-68(76)69-26-10-16-32-77(69)85/h2-54H,1H3. The summed E-state index contributed by atoms with van der Waals surface area (Å²) in [5.41, 5.74) is 30.4. The first kappa shape index (κ1) is 49.4. The lowest BCUT2D eigenvalue weighted by molar-refractivity contribution is 0.715. The molecule has 0 saturated heterocycles. The smallest absolute Gasteiger partial charge is 0.0725 e. The van der Waals surface area contributed by atoms with Crippen LogP contribution in [0.25, 0.3) is 105 Å². The average Bonchev–Trinajstić information content (AvgIpc) is 1.58. The summed E-state index contributed by atoms with van der Waals surface area (Å²) in [6, 6.07) is 120. The van der Waals surface area contributed by atoms with Crippen molar-refractivity contribution in [1.82, 2.24) is 4.57 Å². The van der Waals surface area contributed by atoms with Crippen molar-refractivity contribution >= 4 is 49.6 Å². The van der Waals surface area contributed by atoms with Crippen LogP contribution < -0.4 is 4.90 Å². The number of nitrogens with zero attached hydrogens (tertiary/aromatic N) is 2. The van der Waals surface area contributed by atoms with Crippen LogP contribution in [0.15, 0.2) is 322 Å². The maximum atomic E-state index is 2.52. The first-order valence-electron chi connectivity index (χ1n) is 30.4. The molecule has 14 aromatic carbocycles. The van der Waals surface area contributed by atoms with E-state index in [0.29, 0.717) is 0 Å². The fourth-order valence-corrected chi connectivity index (χ4v) is 15.8. The molecule has 0 N–H and O–H groups in total. The normalized spacial score (nSPS) is 14.6. The van der Waals surface area contributed by atoms with Gasteiger partial charge in [-0.1, -0.05) is 261 Å². The highest BCUT2D eigenvalue weighted by atomic mass is 15.1. The van der Waals surface area contributed by atoms with Crippen LogP contribution in [0, 0.1) is 0 Å². The summed E-state index contributed by atoms with van der Waals surface area (Å²) in [5, 5.41) is 5.04. The summed E-state index contributed by atoms with van der Waals surface area (Å²) in [6.45, 7) is 2.43. The fraction of sp³-hybridized carbons (Fsp3) is 0.0353. The molecule has 2 heteroatoms. The summed E-state index contributed by atoms with van der Waals surface area (Å²) >= 11 is 0. The highest BCUT2D eigenvalue weighted by Gasteiger charge is 2.51. The molecule has 1 spiro atoms. The van der Waals surface area contributed by atoms with Gasteiger partial charge in [-0.3, -0.25) is 0 Å². The Kier molecular flexibility index (Phi) is 10.8. The van der Waals surface area contributed by atoms with Crippen LogP contribution in [0.2, 0.25) is 0 Å². The molecule has 0 amide bonds. The highest BCUT2D eigenvalue weighted by Crippen LogP contribution is 2.63. The van der Waals surface area contributed by atoms with Crippen LogP contribution in [0.5, 0.6) is 0 Å². The van der Waals surface area contributed by atoms with Crippen LogP contribution >= 0.6 is 0 Å². The van der Waals surface area contributed by atoms with Crippen LogP contribution in [0.3, 0.4) is 0 Å². The van der Waals surface area contributed by atoms with Crippen LogP contribution in [-0.2, 0) is 10.8 Å². The number of benzene rings is 14. The van der Waals surface area contributed by atoms with Gasteiger partial charge in [-0.25, -0.2) is 0 Å². The molecular weight excluding hydrogens is 1050 g/mol. The molecule has 0 bridgehead atoms. The minimum absolute atomic E-state index is 0.348. The van der Waals surface area contributed by atoms with Gasteiger partial charge in [0.2, 0.25) is 0 Å². The van der Waals surface area contributed by atoms with Crippen molar-refractivity contribution in [2.45, 2.75) is 17.8 Å². The van der Waals surface area contributed by atoms with Crippen molar-refractivity contribution in [1.29, 1.82) is 0 Å². The lowest BCUT2D eigenvalue weighted by atomic mass is 9.70. The van der Waals surface area contributed by atoms with Gasteiger partial charge < -0.3 is 9.47 Å². The number of rotatable bonds is 8. The molecule has 87 heavy (non-hydrogen) atoms. The van der Waals surface area contributed by atoms with Crippen molar-refractivity contribution in [2.75, 3.05) is 4.90 Å². The van der Waals surface area contributed by atoms with Gasteiger partial charge in [0.15, 0.2) is 0 Å². The average molecular weight is 1110 g/mol. The lowest BCUT2D eigenvalue weighted by Gasteiger charge is -2.31. The van der Waals surface area contributed by atoms with E-state index in [1.165, 1.54) is 133 Å². The number of para-hydroxylation sites is 1. The molecule has 0 aliphatic heterocycles. The second-order valence-corrected chi connectivity index (χ2v) is 24.0. The van der Waals surface area contributed by atoms with E-state index in [2.05, 4.69) is 338 Å². The van der Waals surface area contributed by atoms with Crippen molar-refractivity contribution < 1.29 is 0 Å². The molecule has 18 rings (SSSR count). The zero-order chi connectivity index (χ0) is 57.4. The van der Waals surface area contributed by atoms with E-state index >= 15 is 0 Å². The molecule has 3 aliphatic carbocycles. The molecule has 0 fully saturated rings. The predicted octanol–water partition coefficient (Wildman–Crippen LogP) is 22.1. The van der Waals surface area contributed by atoms with Crippen LogP contribution in [0.4, 0.5) is 17.1 Å². The van der Waals surface area contributed by atoms with Gasteiger partial charge in [-0.15, -0.1) is 0 Å². The molecule has 1 aromatic heterocycles. The van der Waals surface area contributed by atoms with Gasteiger partial charge in [-0.2, -0.15) is 0 Å². The van der Waals surface area contributed by atoms with Crippen molar-refractivity contribution in [3.05, 3.63) is 360 Å². The van der Waals surface area contributed by atoms with Gasteiger partial charge in [-0.05, 0) is 179 Å². The quantitative estimate of drug-likeness (QED) is 0.147. The molecule has 1 unspecified atom stereocenters. The Bertz CT molecular complexity index is 5230. The largest absolute Gasteiger partial charge is 0.310 e. The van der Waals surface area contributed by atoms with Crippen molar-refractivity contribution in [2.24, 2.45) is 0 Å². The third-order valence-electron chi connectivity index (χ3n) is 19.7. The predicted molar refractivity (Wildman–Crippen MR) is 363 cm³/mol. The molecule has 1 heterocycles. The SMILES string of the molecule is CC1(c2ccc3ccccc3c2)c2ccccc2-c2c1ccc1c3ccccc3n(-c3ccc(-c4ccccc4-c4ccc(N(c5ccc(-c6ccccc6)cc5)c5ccc6c(c5)-c5ccccc5C65c6ccccc6-c6ccccc65)cc4)cc3)c21. The van der Waals surface area contributed by atoms with E-state index in [0.717, 1.165) is 28.3 Å². The van der Waals surface area contributed by atoms with E-state index in [9.17, 15) is 0 Å². The molecule has 15 aromatic rings. The van der Waals surface area contributed by atoms with Crippen molar-refractivity contribution in [3.63, 3.8) is 0 Å². The van der Waals surface area contributed by atoms with Gasteiger partial charge in [0, 0.05) is 44.5 Å². The Hall–Kier alpha value is -11.1. The molecule has 2 nitrogen and oxygen atoms in total. The highest BCUT2D eigenvalue weighted by molar-refractivity contribution is 6.16. The zero-order valence-electron chi connectivity index (χ0n) is 48.0. The Morgan fingerprint density at radius 1 is 0.287 bits per heavy atom. The number of fused-ring (bicyclic) bond motifs is 18. The van der Waals surface area contributed by atoms with Crippen LogP contribution in [0.1, 0.15) is 45.9 Å². The Balaban J connectivity index is 0.734. The Labute approximate surface area is 506 Å². The van der Waals surface area contributed by atoms with E-state index in [4.69, 9.17) is 0 Å². The molecule has 0 saturated carbocycles. The molecular formula is C85H56N2. The second kappa shape index (κ2) is 19.0. The lowest BCUT2D eigenvalue weighted by Crippen LogP contribution is -2.25. The molecule has 0 radical (unpaired) electrons. The zero-order valence-corrected chi connectivity index (χ0v) is 48.0. The molecule has 406 valence electrons. The molecule has 3 aliphatic rings. The maximum Gasteiger partial charge on any atom is 0.0725 e. The maximum absolute atomic E-state index is 2.52. The van der Waals surface area contributed by atoms with Gasteiger partial charge in [0.25, 0.3) is 0 Å². The van der Waals surface area contributed by atoms with Crippen LogP contribution in [-0.4, -0.2) is 4.57 Å². The first-order chi connectivity index (χ1) is 43.0. The van der Waals surface area contributed by atoms with Gasteiger partial charge in [0.05, 0.1) is 16.4 Å². The topological polar surface area (TPSA) is 8.17 Å². The van der Waals surface area contributed by atoms with E-state index in [1.807, 2.05) is 0 Å². The fourth-order valence-electron chi connectivity index (χ4n) is 15.8. The van der Waals surface area contributed by atoms with Crippen molar-refractivity contribution in [3.8, 4) is 72.4 Å². The minimum atomic E-state index is -0.408. The summed E-state index contributed by atoms with van der Waals surface area (Å²) in [4.78, 5) is 2.43.